The van der Waals surface area contributed by atoms with Crippen molar-refractivity contribution in [2.24, 2.45) is 5.92 Å². The van der Waals surface area contributed by atoms with Crippen molar-refractivity contribution in [2.75, 3.05) is 18.1 Å². The summed E-state index contributed by atoms with van der Waals surface area (Å²) in [5, 5.41) is 11.2. The van der Waals surface area contributed by atoms with Crippen molar-refractivity contribution in [2.45, 2.75) is 56.6 Å². The Morgan fingerprint density at radius 2 is 2.15 bits per heavy atom. The van der Waals surface area contributed by atoms with Crippen LogP contribution in [0, 0.1) is 5.92 Å². The molecule has 0 amide bonds. The van der Waals surface area contributed by atoms with E-state index in [1.54, 1.807) is 25.6 Å². The molecule has 20 heavy (non-hydrogen) atoms. The fraction of sp³-hybridized carbons (Fsp3) is 0.929. The molecule has 0 aromatic rings. The SMILES string of the molecule is CCOC(=O)[C@@H](C)[C@](O)(CC)[C@]1(CC)SCCCS1=O. The molecule has 1 N–H and O–H groups in total. The summed E-state index contributed by atoms with van der Waals surface area (Å²) in [6.07, 6.45) is 1.87. The molecule has 1 saturated heterocycles. The number of carbonyl (C=O) groups is 1. The van der Waals surface area contributed by atoms with Crippen LogP contribution in [0.4, 0.5) is 0 Å². The molecule has 0 aliphatic carbocycles. The van der Waals surface area contributed by atoms with Crippen LogP contribution in [0.2, 0.25) is 0 Å². The number of rotatable bonds is 6. The molecule has 6 heteroatoms. The Balaban J connectivity index is 3.17. The Labute approximate surface area is 128 Å². The van der Waals surface area contributed by atoms with Crippen LogP contribution in [-0.4, -0.2) is 43.1 Å². The predicted molar refractivity (Wildman–Crippen MR) is 84.1 cm³/mol. The Bertz CT molecular complexity index is 374. The highest BCUT2D eigenvalue weighted by atomic mass is 32.2. The van der Waals surface area contributed by atoms with Crippen LogP contribution < -0.4 is 0 Å². The van der Waals surface area contributed by atoms with Gasteiger partial charge in [-0.1, -0.05) is 13.8 Å². The fourth-order valence-corrected chi connectivity index (χ4v) is 7.29. The normalized spacial score (nSPS) is 31.4. The topological polar surface area (TPSA) is 63.6 Å². The van der Waals surface area contributed by atoms with E-state index >= 15 is 0 Å². The third kappa shape index (κ3) is 2.92. The summed E-state index contributed by atoms with van der Waals surface area (Å²) < 4.78 is 16.9. The largest absolute Gasteiger partial charge is 0.466 e. The molecule has 0 saturated carbocycles. The van der Waals surface area contributed by atoms with Crippen molar-refractivity contribution in [3.8, 4) is 0 Å². The average Bonchev–Trinajstić information content (AvgIpc) is 2.46. The predicted octanol–water partition coefficient (Wildman–Crippen LogP) is 2.32. The van der Waals surface area contributed by atoms with Crippen molar-refractivity contribution < 1.29 is 18.8 Å². The molecule has 1 fully saturated rings. The number of aliphatic hydroxyl groups is 1. The fourth-order valence-electron chi connectivity index (χ4n) is 2.92. The van der Waals surface area contributed by atoms with Gasteiger partial charge in [-0.15, -0.1) is 11.8 Å². The second-order valence-electron chi connectivity index (χ2n) is 5.11. The van der Waals surface area contributed by atoms with Crippen molar-refractivity contribution in [1.82, 2.24) is 0 Å². The van der Waals surface area contributed by atoms with Crippen molar-refractivity contribution in [1.29, 1.82) is 0 Å². The molecule has 1 aliphatic rings. The smallest absolute Gasteiger partial charge is 0.311 e. The highest BCUT2D eigenvalue weighted by Gasteiger charge is 2.58. The van der Waals surface area contributed by atoms with Gasteiger partial charge in [0.1, 0.15) is 9.68 Å². The number of thioether (sulfide) groups is 1. The van der Waals surface area contributed by atoms with E-state index in [4.69, 9.17) is 4.74 Å². The molecule has 0 aromatic carbocycles. The first-order valence-corrected chi connectivity index (χ1v) is 9.61. The van der Waals surface area contributed by atoms with Crippen molar-refractivity contribution in [3.05, 3.63) is 0 Å². The van der Waals surface area contributed by atoms with Gasteiger partial charge in [0.25, 0.3) is 0 Å². The van der Waals surface area contributed by atoms with Crippen LogP contribution in [0.3, 0.4) is 0 Å². The van der Waals surface area contributed by atoms with Gasteiger partial charge in [-0.25, -0.2) is 0 Å². The molecule has 0 spiro atoms. The molecule has 1 heterocycles. The van der Waals surface area contributed by atoms with Crippen molar-refractivity contribution in [3.63, 3.8) is 0 Å². The van der Waals surface area contributed by atoms with E-state index in [0.717, 1.165) is 12.2 Å². The molecule has 0 bridgehead atoms. The molecule has 1 unspecified atom stereocenters. The summed E-state index contributed by atoms with van der Waals surface area (Å²) in [4.78, 5) is 12.1. The van der Waals surface area contributed by atoms with Crippen LogP contribution >= 0.6 is 11.8 Å². The summed E-state index contributed by atoms with van der Waals surface area (Å²) in [5.74, 6) is 0.380. The third-order valence-corrected chi connectivity index (χ3v) is 8.75. The van der Waals surface area contributed by atoms with Crippen LogP contribution in [0.1, 0.15) is 47.0 Å². The first kappa shape index (κ1) is 18.0. The lowest BCUT2D eigenvalue weighted by Gasteiger charge is -2.49. The van der Waals surface area contributed by atoms with Gasteiger partial charge in [-0.05, 0) is 38.9 Å². The van der Waals surface area contributed by atoms with Gasteiger partial charge < -0.3 is 9.84 Å². The monoisotopic (exact) mass is 322 g/mol. The Hall–Kier alpha value is -0.0700. The highest BCUT2D eigenvalue weighted by molar-refractivity contribution is 8.13. The number of hydrogen-bond donors (Lipinski definition) is 1. The lowest BCUT2D eigenvalue weighted by molar-refractivity contribution is -0.158. The van der Waals surface area contributed by atoms with Crippen LogP contribution in [-0.2, 0) is 20.3 Å². The lowest BCUT2D eigenvalue weighted by atomic mass is 9.81. The van der Waals surface area contributed by atoms with E-state index in [1.807, 2.05) is 13.8 Å². The van der Waals surface area contributed by atoms with E-state index in [0.29, 0.717) is 25.2 Å². The second-order valence-corrected chi connectivity index (χ2v) is 8.56. The van der Waals surface area contributed by atoms with Crippen LogP contribution in [0.5, 0.6) is 0 Å². The van der Waals surface area contributed by atoms with Gasteiger partial charge in [-0.2, -0.15) is 0 Å². The maximum absolute atomic E-state index is 12.6. The zero-order valence-electron chi connectivity index (χ0n) is 12.8. The summed E-state index contributed by atoms with van der Waals surface area (Å²) in [5.41, 5.74) is -1.30. The van der Waals surface area contributed by atoms with Gasteiger partial charge in [0.15, 0.2) is 0 Å². The molecule has 1 rings (SSSR count). The summed E-state index contributed by atoms with van der Waals surface area (Å²) in [6, 6.07) is 0. The van der Waals surface area contributed by atoms with Gasteiger partial charge in [0.05, 0.1) is 12.5 Å². The number of carbonyl (C=O) groups excluding carboxylic acids is 1. The van der Waals surface area contributed by atoms with E-state index in [9.17, 15) is 14.1 Å². The lowest BCUT2D eigenvalue weighted by Crippen LogP contribution is -2.61. The second kappa shape index (κ2) is 7.27. The standard InChI is InChI=1S/C14H26O4S2/c1-5-13(16,11(4)12(15)18-7-3)14(6-2)19-9-8-10-20(14)17/h11,16H,5-10H2,1-4H3/t11-,13-,14-,20?/m1/s1. The van der Waals surface area contributed by atoms with Crippen LogP contribution in [0.15, 0.2) is 0 Å². The van der Waals surface area contributed by atoms with Gasteiger partial charge in [-0.3, -0.25) is 9.00 Å². The van der Waals surface area contributed by atoms with Gasteiger partial charge >= 0.3 is 5.97 Å². The number of esters is 1. The number of ether oxygens (including phenoxy) is 1. The maximum Gasteiger partial charge on any atom is 0.311 e. The minimum atomic E-state index is -1.30. The molecular formula is C14H26O4S2. The Kier molecular flexibility index (Phi) is 6.54. The first-order chi connectivity index (χ1) is 9.39. The number of hydrogen-bond acceptors (Lipinski definition) is 5. The Morgan fingerprint density at radius 3 is 2.60 bits per heavy atom. The van der Waals surface area contributed by atoms with E-state index < -0.39 is 32.4 Å². The van der Waals surface area contributed by atoms with Crippen molar-refractivity contribution >= 4 is 28.5 Å². The van der Waals surface area contributed by atoms with E-state index in [2.05, 4.69) is 0 Å². The summed E-state index contributed by atoms with van der Waals surface area (Å²) in [7, 11) is -1.14. The highest BCUT2D eigenvalue weighted by Crippen LogP contribution is 2.50. The third-order valence-electron chi connectivity index (χ3n) is 4.20. The minimum Gasteiger partial charge on any atom is -0.466 e. The van der Waals surface area contributed by atoms with E-state index in [-0.39, 0.29) is 0 Å². The molecule has 0 radical (unpaired) electrons. The van der Waals surface area contributed by atoms with Gasteiger partial charge in [0, 0.05) is 16.6 Å². The molecular weight excluding hydrogens is 296 g/mol. The molecule has 118 valence electrons. The molecule has 4 nitrogen and oxygen atoms in total. The molecule has 0 aromatic heterocycles. The Morgan fingerprint density at radius 1 is 1.50 bits per heavy atom. The molecule has 4 atom stereocenters. The van der Waals surface area contributed by atoms with Gasteiger partial charge in [0.2, 0.25) is 0 Å². The zero-order chi connectivity index (χ0) is 15.4. The van der Waals surface area contributed by atoms with E-state index in [1.165, 1.54) is 0 Å². The average molecular weight is 322 g/mol. The maximum atomic E-state index is 12.6. The minimum absolute atomic E-state index is 0.290. The quantitative estimate of drug-likeness (QED) is 0.760. The zero-order valence-corrected chi connectivity index (χ0v) is 14.4. The summed E-state index contributed by atoms with van der Waals surface area (Å²) >= 11 is 1.56. The molecule has 1 aliphatic heterocycles. The van der Waals surface area contributed by atoms with Crippen LogP contribution in [0.25, 0.3) is 0 Å². The summed E-state index contributed by atoms with van der Waals surface area (Å²) in [6.45, 7) is 7.51. The first-order valence-electron chi connectivity index (χ1n) is 7.31.